The lowest BCUT2D eigenvalue weighted by Crippen LogP contribution is -2.32. The van der Waals surface area contributed by atoms with Crippen molar-refractivity contribution in [3.8, 4) is 11.8 Å². The van der Waals surface area contributed by atoms with E-state index in [9.17, 15) is 14.9 Å². The monoisotopic (exact) mass is 487 g/mol. The third kappa shape index (κ3) is 5.28. The lowest BCUT2D eigenvalue weighted by molar-refractivity contribution is -0.116. The van der Waals surface area contributed by atoms with Crippen LogP contribution in [0.4, 0.5) is 5.69 Å². The third-order valence-electron chi connectivity index (χ3n) is 6.21. The molecule has 180 valence electrons. The molecule has 7 heteroatoms. The number of hydrogen-bond acceptors (Lipinski definition) is 6. The molecule has 0 fully saturated rings. The number of anilines is 1. The SMILES string of the molecule is CCOc1ccccc1C1C(C#N)=C(SCC(=O)Nc2cc(C)ccc2C)NC2=C1C(=O)CCC2. The second-order valence-corrected chi connectivity index (χ2v) is 9.69. The molecule has 2 N–H and O–H groups in total. The van der Waals surface area contributed by atoms with Gasteiger partial charge in [-0.05, 0) is 56.9 Å². The van der Waals surface area contributed by atoms with Gasteiger partial charge in [0.05, 0.1) is 34.9 Å². The molecule has 2 aliphatic rings. The number of rotatable bonds is 7. The Bertz CT molecular complexity index is 1270. The molecule has 2 aromatic rings. The van der Waals surface area contributed by atoms with Crippen molar-refractivity contribution >= 4 is 29.1 Å². The van der Waals surface area contributed by atoms with Crippen LogP contribution >= 0.6 is 11.8 Å². The number of nitriles is 1. The van der Waals surface area contributed by atoms with Crippen LogP contribution in [-0.2, 0) is 9.59 Å². The zero-order valence-corrected chi connectivity index (χ0v) is 21.1. The molecule has 0 radical (unpaired) electrons. The number of para-hydroxylation sites is 1. The molecule has 2 aromatic carbocycles. The first-order valence-electron chi connectivity index (χ1n) is 11.8. The summed E-state index contributed by atoms with van der Waals surface area (Å²) in [5, 5.41) is 17.2. The topological polar surface area (TPSA) is 91.2 Å². The number of hydrogen-bond donors (Lipinski definition) is 2. The number of thioether (sulfide) groups is 1. The maximum Gasteiger partial charge on any atom is 0.234 e. The van der Waals surface area contributed by atoms with Gasteiger partial charge in [-0.25, -0.2) is 0 Å². The molecule has 1 amide bonds. The van der Waals surface area contributed by atoms with E-state index >= 15 is 0 Å². The van der Waals surface area contributed by atoms with Crippen molar-refractivity contribution in [1.82, 2.24) is 5.32 Å². The molecule has 6 nitrogen and oxygen atoms in total. The highest BCUT2D eigenvalue weighted by molar-refractivity contribution is 8.03. The zero-order chi connectivity index (χ0) is 24.9. The molecule has 0 saturated heterocycles. The summed E-state index contributed by atoms with van der Waals surface area (Å²) in [5.41, 5.74) is 5.57. The summed E-state index contributed by atoms with van der Waals surface area (Å²) < 4.78 is 5.86. The molecule has 1 aliphatic carbocycles. The summed E-state index contributed by atoms with van der Waals surface area (Å²) >= 11 is 1.29. The summed E-state index contributed by atoms with van der Waals surface area (Å²) in [7, 11) is 0. The highest BCUT2D eigenvalue weighted by atomic mass is 32.2. The highest BCUT2D eigenvalue weighted by Gasteiger charge is 2.38. The number of ketones is 1. The first kappa shape index (κ1) is 24.6. The molecule has 0 saturated carbocycles. The number of carbonyl (C=O) groups excluding carboxylic acids is 2. The first-order valence-corrected chi connectivity index (χ1v) is 12.8. The van der Waals surface area contributed by atoms with Gasteiger partial charge in [0, 0.05) is 28.9 Å². The minimum absolute atomic E-state index is 0.0551. The van der Waals surface area contributed by atoms with Crippen molar-refractivity contribution < 1.29 is 14.3 Å². The molecule has 0 bridgehead atoms. The van der Waals surface area contributed by atoms with E-state index in [0.717, 1.165) is 40.9 Å². The van der Waals surface area contributed by atoms with Gasteiger partial charge in [-0.2, -0.15) is 5.26 Å². The molecule has 4 rings (SSSR count). The van der Waals surface area contributed by atoms with Gasteiger partial charge in [0.25, 0.3) is 0 Å². The van der Waals surface area contributed by atoms with E-state index in [1.165, 1.54) is 11.8 Å². The van der Waals surface area contributed by atoms with E-state index in [4.69, 9.17) is 4.74 Å². The van der Waals surface area contributed by atoms with E-state index < -0.39 is 5.92 Å². The number of aryl methyl sites for hydroxylation is 2. The predicted molar refractivity (Wildman–Crippen MR) is 139 cm³/mol. The minimum Gasteiger partial charge on any atom is -0.494 e. The number of allylic oxidation sites excluding steroid dienone is 3. The van der Waals surface area contributed by atoms with Gasteiger partial charge in [0.1, 0.15) is 5.75 Å². The van der Waals surface area contributed by atoms with Crippen LogP contribution in [0.5, 0.6) is 5.75 Å². The first-order chi connectivity index (χ1) is 16.9. The molecular formula is C28H29N3O3S. The van der Waals surface area contributed by atoms with E-state index in [0.29, 0.717) is 35.0 Å². The second kappa shape index (κ2) is 10.8. The quantitative estimate of drug-likeness (QED) is 0.536. The van der Waals surface area contributed by atoms with Crippen LogP contribution in [-0.4, -0.2) is 24.1 Å². The van der Waals surface area contributed by atoms with Crippen LogP contribution in [0.3, 0.4) is 0 Å². The van der Waals surface area contributed by atoms with Crippen molar-refractivity contribution in [2.75, 3.05) is 17.7 Å². The van der Waals surface area contributed by atoms with Crippen molar-refractivity contribution in [2.24, 2.45) is 0 Å². The van der Waals surface area contributed by atoms with Crippen LogP contribution < -0.4 is 15.4 Å². The van der Waals surface area contributed by atoms with Crippen LogP contribution in [0.15, 0.2) is 64.3 Å². The second-order valence-electron chi connectivity index (χ2n) is 8.71. The number of dihydropyridines is 1. The largest absolute Gasteiger partial charge is 0.494 e. The molecule has 0 spiro atoms. The van der Waals surface area contributed by atoms with Gasteiger partial charge >= 0.3 is 0 Å². The Hall–Kier alpha value is -3.50. The summed E-state index contributed by atoms with van der Waals surface area (Å²) in [6, 6.07) is 15.8. The van der Waals surface area contributed by atoms with E-state index in [1.54, 1.807) is 0 Å². The number of nitrogens with one attached hydrogen (secondary N) is 2. The Labute approximate surface area is 210 Å². The Morgan fingerprint density at radius 2 is 2.03 bits per heavy atom. The van der Waals surface area contributed by atoms with Crippen molar-refractivity contribution in [3.05, 3.63) is 81.0 Å². The Balaban J connectivity index is 1.66. The minimum atomic E-state index is -0.517. The van der Waals surface area contributed by atoms with Crippen molar-refractivity contribution in [1.29, 1.82) is 5.26 Å². The number of carbonyl (C=O) groups is 2. The maximum atomic E-state index is 13.0. The number of Topliss-reactive ketones (excluding diaryl/α,β-unsaturated/α-hetero) is 1. The Kier molecular flexibility index (Phi) is 7.62. The van der Waals surface area contributed by atoms with Crippen molar-refractivity contribution in [3.63, 3.8) is 0 Å². The van der Waals surface area contributed by atoms with Gasteiger partial charge in [0.2, 0.25) is 5.91 Å². The van der Waals surface area contributed by atoms with E-state index in [1.807, 2.05) is 63.2 Å². The zero-order valence-electron chi connectivity index (χ0n) is 20.2. The maximum absolute atomic E-state index is 13.0. The molecule has 1 aliphatic heterocycles. The molecule has 0 aromatic heterocycles. The number of nitrogens with zero attached hydrogens (tertiary/aromatic N) is 1. The standard InChI is InChI=1S/C28H29N3O3S/c1-4-34-24-11-6-5-8-19(24)26-20(15-29)28(31-21-9-7-10-23(32)27(21)26)35-16-25(33)30-22-14-17(2)12-13-18(22)3/h5-6,8,11-14,26,31H,4,7,9-10,16H2,1-3H3,(H,30,33). The number of benzene rings is 2. The summed E-state index contributed by atoms with van der Waals surface area (Å²) in [6.07, 6.45) is 1.95. The van der Waals surface area contributed by atoms with Crippen molar-refractivity contribution in [2.45, 2.75) is 46.0 Å². The van der Waals surface area contributed by atoms with Gasteiger partial charge in [-0.3, -0.25) is 9.59 Å². The summed E-state index contributed by atoms with van der Waals surface area (Å²) in [4.78, 5) is 25.8. The average molecular weight is 488 g/mol. The van der Waals surface area contributed by atoms with Gasteiger partial charge in [0.15, 0.2) is 5.78 Å². The lowest BCUT2D eigenvalue weighted by atomic mass is 9.76. The molecule has 1 unspecified atom stereocenters. The van der Waals surface area contributed by atoms with E-state index in [-0.39, 0.29) is 17.4 Å². The Morgan fingerprint density at radius 3 is 2.80 bits per heavy atom. The highest BCUT2D eigenvalue weighted by Crippen LogP contribution is 2.46. The lowest BCUT2D eigenvalue weighted by Gasteiger charge is -2.33. The summed E-state index contributed by atoms with van der Waals surface area (Å²) in [6.45, 7) is 6.33. The normalized spacial score (nSPS) is 17.4. The smallest absolute Gasteiger partial charge is 0.234 e. The summed E-state index contributed by atoms with van der Waals surface area (Å²) in [5.74, 6) is 0.186. The van der Waals surface area contributed by atoms with E-state index in [2.05, 4.69) is 16.7 Å². The molecule has 1 atom stereocenters. The number of ether oxygens (including phenoxy) is 1. The fourth-order valence-electron chi connectivity index (χ4n) is 4.55. The molecule has 35 heavy (non-hydrogen) atoms. The van der Waals surface area contributed by atoms with Crippen LogP contribution in [0.1, 0.15) is 48.8 Å². The van der Waals surface area contributed by atoms with Crippen LogP contribution in [0.25, 0.3) is 0 Å². The average Bonchev–Trinajstić information content (AvgIpc) is 2.85. The molecule has 1 heterocycles. The van der Waals surface area contributed by atoms with Crippen LogP contribution in [0.2, 0.25) is 0 Å². The fraction of sp³-hybridized carbons (Fsp3) is 0.321. The van der Waals surface area contributed by atoms with Crippen LogP contribution in [0, 0.1) is 25.2 Å². The van der Waals surface area contributed by atoms with Gasteiger partial charge < -0.3 is 15.4 Å². The third-order valence-corrected chi connectivity index (χ3v) is 7.22. The predicted octanol–water partition coefficient (Wildman–Crippen LogP) is 5.50. The fourth-order valence-corrected chi connectivity index (χ4v) is 5.41. The van der Waals surface area contributed by atoms with Gasteiger partial charge in [-0.1, -0.05) is 42.1 Å². The molecular weight excluding hydrogens is 458 g/mol. The number of amides is 1. The van der Waals surface area contributed by atoms with Gasteiger partial charge in [-0.15, -0.1) is 0 Å². The Morgan fingerprint density at radius 1 is 1.23 bits per heavy atom.